The second kappa shape index (κ2) is 6.48. The molecular formula is C19H11ClO5S. The maximum atomic E-state index is 12.4. The highest BCUT2D eigenvalue weighted by molar-refractivity contribution is 7.21. The summed E-state index contributed by atoms with van der Waals surface area (Å²) in [5.74, 6) is -0.580. The van der Waals surface area contributed by atoms with E-state index < -0.39 is 11.6 Å². The van der Waals surface area contributed by atoms with Crippen molar-refractivity contribution >= 4 is 50.0 Å². The Balaban J connectivity index is 1.64. The van der Waals surface area contributed by atoms with E-state index in [9.17, 15) is 14.7 Å². The van der Waals surface area contributed by atoms with Crippen molar-refractivity contribution in [2.24, 2.45) is 0 Å². The van der Waals surface area contributed by atoms with Crippen LogP contribution in [0.3, 0.4) is 0 Å². The summed E-state index contributed by atoms with van der Waals surface area (Å²) >= 11 is 7.54. The first kappa shape index (κ1) is 16.6. The van der Waals surface area contributed by atoms with Crippen LogP contribution in [0.5, 0.6) is 5.75 Å². The number of phenols is 1. The number of hydrogen-bond donors (Lipinski definition) is 1. The van der Waals surface area contributed by atoms with E-state index in [1.54, 1.807) is 6.07 Å². The quantitative estimate of drug-likeness (QED) is 0.407. The predicted molar refractivity (Wildman–Crippen MR) is 100 cm³/mol. The van der Waals surface area contributed by atoms with Crippen LogP contribution in [0, 0.1) is 0 Å². The molecule has 0 atom stereocenters. The Morgan fingerprint density at radius 2 is 1.96 bits per heavy atom. The van der Waals surface area contributed by atoms with Crippen LogP contribution in [0.15, 0.2) is 57.7 Å². The van der Waals surface area contributed by atoms with Gasteiger partial charge in [-0.2, -0.15) is 0 Å². The fraction of sp³-hybridized carbons (Fsp3) is 0.0526. The Morgan fingerprint density at radius 3 is 2.77 bits per heavy atom. The number of thiophene rings is 1. The number of aromatic hydroxyl groups is 1. The van der Waals surface area contributed by atoms with E-state index in [0.717, 1.165) is 10.1 Å². The number of phenolic OH excluding ortho intramolecular Hbond substituents is 1. The van der Waals surface area contributed by atoms with Gasteiger partial charge in [0.2, 0.25) is 0 Å². The van der Waals surface area contributed by atoms with E-state index in [-0.39, 0.29) is 17.9 Å². The second-order valence-corrected chi connectivity index (χ2v) is 7.02. The number of carbonyl (C=O) groups is 1. The van der Waals surface area contributed by atoms with Crippen molar-refractivity contribution in [2.45, 2.75) is 6.61 Å². The number of hydrogen-bond acceptors (Lipinski definition) is 6. The number of benzene rings is 2. The van der Waals surface area contributed by atoms with Crippen LogP contribution in [-0.2, 0) is 11.3 Å². The lowest BCUT2D eigenvalue weighted by Crippen LogP contribution is -2.07. The molecule has 7 heteroatoms. The van der Waals surface area contributed by atoms with Gasteiger partial charge in [0.1, 0.15) is 22.8 Å². The largest absolute Gasteiger partial charge is 0.508 e. The molecule has 0 fully saturated rings. The minimum Gasteiger partial charge on any atom is -0.508 e. The lowest BCUT2D eigenvalue weighted by Gasteiger charge is -2.07. The van der Waals surface area contributed by atoms with Gasteiger partial charge in [0.25, 0.3) is 0 Å². The Kier molecular flexibility index (Phi) is 4.14. The summed E-state index contributed by atoms with van der Waals surface area (Å²) in [5.41, 5.74) is 0.124. The number of ether oxygens (including phenoxy) is 1. The van der Waals surface area contributed by atoms with Gasteiger partial charge in [-0.05, 0) is 18.2 Å². The summed E-state index contributed by atoms with van der Waals surface area (Å²) in [4.78, 5) is 24.5. The monoisotopic (exact) mass is 386 g/mol. The molecule has 0 aliphatic rings. The van der Waals surface area contributed by atoms with Gasteiger partial charge in [0.05, 0.1) is 5.02 Å². The van der Waals surface area contributed by atoms with Gasteiger partial charge in [0, 0.05) is 33.2 Å². The van der Waals surface area contributed by atoms with Gasteiger partial charge in [0.15, 0.2) is 0 Å². The first-order valence-electron chi connectivity index (χ1n) is 7.63. The standard InChI is InChI=1S/C19H11ClO5S/c20-17-13-3-1-2-4-15(13)26-18(17)19(23)24-9-10-7-16(22)25-14-8-11(21)5-6-12(10)14/h1-8,21H,9H2. The minimum atomic E-state index is -0.589. The number of rotatable bonds is 3. The van der Waals surface area contributed by atoms with Crippen LogP contribution < -0.4 is 5.63 Å². The zero-order valence-electron chi connectivity index (χ0n) is 13.2. The molecule has 4 aromatic rings. The zero-order valence-corrected chi connectivity index (χ0v) is 14.8. The van der Waals surface area contributed by atoms with Gasteiger partial charge in [-0.25, -0.2) is 9.59 Å². The molecule has 1 N–H and O–H groups in total. The molecule has 2 heterocycles. The highest BCUT2D eigenvalue weighted by Gasteiger charge is 2.19. The third-order valence-electron chi connectivity index (χ3n) is 3.89. The smallest absolute Gasteiger partial charge is 0.350 e. The van der Waals surface area contributed by atoms with E-state index in [1.807, 2.05) is 24.3 Å². The fourth-order valence-electron chi connectivity index (χ4n) is 2.69. The van der Waals surface area contributed by atoms with Crippen LogP contribution in [0.25, 0.3) is 21.1 Å². The Hall–Kier alpha value is -2.83. The molecule has 0 aliphatic carbocycles. The van der Waals surface area contributed by atoms with Crippen LogP contribution in [0.1, 0.15) is 15.2 Å². The van der Waals surface area contributed by atoms with Crippen LogP contribution >= 0.6 is 22.9 Å². The fourth-order valence-corrected chi connectivity index (χ4v) is 4.09. The Morgan fingerprint density at radius 1 is 1.15 bits per heavy atom. The predicted octanol–water partition coefficient (Wildman–Crippen LogP) is 4.72. The molecule has 0 aliphatic heterocycles. The van der Waals surface area contributed by atoms with E-state index >= 15 is 0 Å². The van der Waals surface area contributed by atoms with Gasteiger partial charge in [-0.3, -0.25) is 0 Å². The average Bonchev–Trinajstić information content (AvgIpc) is 2.96. The zero-order chi connectivity index (χ0) is 18.3. The average molecular weight is 387 g/mol. The third-order valence-corrected chi connectivity index (χ3v) is 5.55. The third kappa shape index (κ3) is 2.94. The highest BCUT2D eigenvalue weighted by Crippen LogP contribution is 2.35. The summed E-state index contributed by atoms with van der Waals surface area (Å²) < 4.78 is 11.3. The maximum absolute atomic E-state index is 12.4. The van der Waals surface area contributed by atoms with Gasteiger partial charge in [-0.15, -0.1) is 11.3 Å². The number of carbonyl (C=O) groups excluding carboxylic acids is 1. The first-order chi connectivity index (χ1) is 12.5. The van der Waals surface area contributed by atoms with Gasteiger partial charge < -0.3 is 14.3 Å². The van der Waals surface area contributed by atoms with Crippen molar-refractivity contribution in [1.29, 1.82) is 0 Å². The highest BCUT2D eigenvalue weighted by atomic mass is 35.5. The summed E-state index contributed by atoms with van der Waals surface area (Å²) in [7, 11) is 0. The maximum Gasteiger partial charge on any atom is 0.350 e. The molecule has 4 rings (SSSR count). The van der Waals surface area contributed by atoms with Crippen LogP contribution in [0.4, 0.5) is 0 Å². The molecule has 0 bridgehead atoms. The van der Waals surface area contributed by atoms with E-state index in [0.29, 0.717) is 20.8 Å². The molecule has 0 radical (unpaired) electrons. The SMILES string of the molecule is O=C(OCc1cc(=O)oc2cc(O)ccc12)c1sc2ccccc2c1Cl. The molecule has 0 unspecified atom stereocenters. The molecule has 26 heavy (non-hydrogen) atoms. The molecule has 5 nitrogen and oxygen atoms in total. The van der Waals surface area contributed by atoms with Crippen molar-refractivity contribution in [2.75, 3.05) is 0 Å². The summed E-state index contributed by atoms with van der Waals surface area (Å²) in [6.45, 7) is -0.115. The summed E-state index contributed by atoms with van der Waals surface area (Å²) in [6.07, 6.45) is 0. The molecule has 2 aromatic heterocycles. The molecule has 0 saturated heterocycles. The van der Waals surface area contributed by atoms with Gasteiger partial charge in [-0.1, -0.05) is 29.8 Å². The minimum absolute atomic E-state index is 0.0214. The Labute approximate surface area is 156 Å². The van der Waals surface area contributed by atoms with E-state index in [1.165, 1.54) is 29.5 Å². The lowest BCUT2D eigenvalue weighted by molar-refractivity contribution is 0.0480. The van der Waals surface area contributed by atoms with E-state index in [4.69, 9.17) is 20.8 Å². The summed E-state index contributed by atoms with van der Waals surface area (Å²) in [6, 6.07) is 13.1. The molecule has 2 aromatic carbocycles. The van der Waals surface area contributed by atoms with E-state index in [2.05, 4.69) is 0 Å². The summed E-state index contributed by atoms with van der Waals surface area (Å²) in [5, 5.41) is 11.3. The number of fused-ring (bicyclic) bond motifs is 2. The van der Waals surface area contributed by atoms with Crippen LogP contribution in [-0.4, -0.2) is 11.1 Å². The topological polar surface area (TPSA) is 76.7 Å². The van der Waals surface area contributed by atoms with Crippen molar-refractivity contribution in [3.8, 4) is 5.75 Å². The molecule has 130 valence electrons. The first-order valence-corrected chi connectivity index (χ1v) is 8.82. The van der Waals surface area contributed by atoms with Crippen molar-refractivity contribution in [3.63, 3.8) is 0 Å². The van der Waals surface area contributed by atoms with Crippen LogP contribution in [0.2, 0.25) is 5.02 Å². The normalized spacial score (nSPS) is 11.1. The molecule has 0 amide bonds. The van der Waals surface area contributed by atoms with Crippen molar-refractivity contribution in [3.05, 3.63) is 74.4 Å². The molecule has 0 saturated carbocycles. The van der Waals surface area contributed by atoms with Gasteiger partial charge >= 0.3 is 11.6 Å². The Bertz CT molecular complexity index is 1210. The van der Waals surface area contributed by atoms with Crippen molar-refractivity contribution in [1.82, 2.24) is 0 Å². The molecular weight excluding hydrogens is 376 g/mol. The lowest BCUT2D eigenvalue weighted by atomic mass is 10.1. The second-order valence-electron chi connectivity index (χ2n) is 5.59. The number of esters is 1. The number of halogens is 1. The molecule has 0 spiro atoms. The van der Waals surface area contributed by atoms with Crippen molar-refractivity contribution < 1.29 is 19.1 Å².